The molecule has 0 saturated heterocycles. The van der Waals surface area contributed by atoms with Crippen LogP contribution in [0.5, 0.6) is 0 Å². The second-order valence-corrected chi connectivity index (χ2v) is 7.27. The van der Waals surface area contributed by atoms with E-state index in [0.717, 1.165) is 5.56 Å². The summed E-state index contributed by atoms with van der Waals surface area (Å²) in [5.41, 5.74) is 7.77. The van der Waals surface area contributed by atoms with Crippen LogP contribution in [0.3, 0.4) is 0 Å². The molecule has 0 fully saturated rings. The van der Waals surface area contributed by atoms with Crippen LogP contribution in [0.4, 0.5) is 5.69 Å². The Bertz CT molecular complexity index is 758. The number of halogens is 2. The number of nitrogen functional groups attached to an aromatic ring is 1. The molecule has 6 heteroatoms. The molecular formula is C14H13Cl2NO2S. The molecule has 0 aliphatic heterocycles. The largest absolute Gasteiger partial charge is 0.399 e. The van der Waals surface area contributed by atoms with Crippen LogP contribution >= 0.6 is 23.2 Å². The molecule has 0 aliphatic carbocycles. The molecule has 0 atom stereocenters. The highest BCUT2D eigenvalue weighted by molar-refractivity contribution is 7.90. The average molecular weight is 330 g/mol. The van der Waals surface area contributed by atoms with Gasteiger partial charge in [-0.2, -0.15) is 0 Å². The summed E-state index contributed by atoms with van der Waals surface area (Å²) < 4.78 is 24.9. The smallest absolute Gasteiger partial charge is 0.184 e. The third kappa shape index (κ3) is 3.08. The van der Waals surface area contributed by atoms with E-state index in [4.69, 9.17) is 28.9 Å². The molecule has 3 nitrogen and oxygen atoms in total. The maximum absolute atomic E-state index is 12.5. The van der Waals surface area contributed by atoms with Gasteiger partial charge in [-0.25, -0.2) is 8.42 Å². The maximum Gasteiger partial charge on any atom is 0.184 e. The normalized spacial score (nSPS) is 11.6. The van der Waals surface area contributed by atoms with Crippen LogP contribution < -0.4 is 5.73 Å². The summed E-state index contributed by atoms with van der Waals surface area (Å²) in [6.07, 6.45) is 0. The molecule has 2 N–H and O–H groups in total. The Hall–Kier alpha value is -1.23. The van der Waals surface area contributed by atoms with Gasteiger partial charge in [0.25, 0.3) is 0 Å². The zero-order valence-corrected chi connectivity index (χ0v) is 13.1. The van der Waals surface area contributed by atoms with E-state index in [1.807, 2.05) is 0 Å². The fraction of sp³-hybridized carbons (Fsp3) is 0.143. The van der Waals surface area contributed by atoms with Crippen LogP contribution in [0.1, 0.15) is 11.1 Å². The van der Waals surface area contributed by atoms with Gasteiger partial charge in [0.15, 0.2) is 9.84 Å². The Balaban J connectivity index is 2.46. The molecule has 106 valence electrons. The van der Waals surface area contributed by atoms with Crippen molar-refractivity contribution in [3.8, 4) is 0 Å². The van der Waals surface area contributed by atoms with Crippen molar-refractivity contribution in [2.75, 3.05) is 5.73 Å². The van der Waals surface area contributed by atoms with Gasteiger partial charge in [-0.05, 0) is 42.3 Å². The van der Waals surface area contributed by atoms with Crippen LogP contribution in [-0.4, -0.2) is 8.42 Å². The van der Waals surface area contributed by atoms with E-state index in [0.29, 0.717) is 16.3 Å². The molecule has 0 spiro atoms. The summed E-state index contributed by atoms with van der Waals surface area (Å²) in [5.74, 6) is -0.163. The van der Waals surface area contributed by atoms with Crippen LogP contribution in [0.25, 0.3) is 0 Å². The first-order valence-electron chi connectivity index (χ1n) is 5.83. The van der Waals surface area contributed by atoms with Gasteiger partial charge < -0.3 is 5.73 Å². The lowest BCUT2D eigenvalue weighted by molar-refractivity contribution is 0.595. The van der Waals surface area contributed by atoms with Crippen LogP contribution in [0, 0.1) is 6.92 Å². The molecule has 0 radical (unpaired) electrons. The zero-order valence-electron chi connectivity index (χ0n) is 10.7. The van der Waals surface area contributed by atoms with E-state index in [1.165, 1.54) is 12.1 Å². The topological polar surface area (TPSA) is 60.2 Å². The van der Waals surface area contributed by atoms with E-state index >= 15 is 0 Å². The molecule has 0 heterocycles. The molecular weight excluding hydrogens is 317 g/mol. The Morgan fingerprint density at radius 3 is 2.55 bits per heavy atom. The van der Waals surface area contributed by atoms with Gasteiger partial charge in [-0.3, -0.25) is 0 Å². The van der Waals surface area contributed by atoms with Gasteiger partial charge in [-0.15, -0.1) is 0 Å². The first-order chi connectivity index (χ1) is 9.31. The number of hydrogen-bond donors (Lipinski definition) is 1. The van der Waals surface area contributed by atoms with Crippen molar-refractivity contribution in [2.45, 2.75) is 17.6 Å². The van der Waals surface area contributed by atoms with Crippen molar-refractivity contribution >= 4 is 38.7 Å². The van der Waals surface area contributed by atoms with Gasteiger partial charge in [-0.1, -0.05) is 35.3 Å². The second kappa shape index (κ2) is 5.64. The first kappa shape index (κ1) is 15.2. The molecule has 0 aliphatic rings. The Labute approximate surface area is 128 Å². The van der Waals surface area contributed by atoms with E-state index < -0.39 is 9.84 Å². The number of sulfone groups is 1. The molecule has 0 bridgehead atoms. The summed E-state index contributed by atoms with van der Waals surface area (Å²) in [6, 6.07) is 9.59. The van der Waals surface area contributed by atoms with E-state index in [2.05, 4.69) is 0 Å². The van der Waals surface area contributed by atoms with E-state index in [1.54, 1.807) is 31.2 Å². The summed E-state index contributed by atoms with van der Waals surface area (Å²) in [5, 5.41) is 0.494. The molecule has 2 rings (SSSR count). The number of hydrogen-bond acceptors (Lipinski definition) is 3. The highest BCUT2D eigenvalue weighted by Gasteiger charge is 2.20. The van der Waals surface area contributed by atoms with Crippen LogP contribution in [-0.2, 0) is 15.6 Å². The number of benzene rings is 2. The van der Waals surface area contributed by atoms with Gasteiger partial charge >= 0.3 is 0 Å². The van der Waals surface area contributed by atoms with E-state index in [9.17, 15) is 8.42 Å². The quantitative estimate of drug-likeness (QED) is 0.870. The zero-order chi connectivity index (χ0) is 14.9. The number of rotatable bonds is 3. The predicted octanol–water partition coefficient (Wildman–Crippen LogP) is 3.86. The standard InChI is InChI=1S/C14H13Cl2NO2S/c1-9-10(3-2-4-13(9)17)8-20(18,19)14-7-11(15)5-6-12(14)16/h2-7H,8,17H2,1H3. The van der Waals surface area contributed by atoms with Crippen LogP contribution in [0.2, 0.25) is 10.0 Å². The maximum atomic E-state index is 12.5. The van der Waals surface area contributed by atoms with Gasteiger partial charge in [0.2, 0.25) is 0 Å². The summed E-state index contributed by atoms with van der Waals surface area (Å²) in [7, 11) is -3.58. The molecule has 2 aromatic rings. The van der Waals surface area contributed by atoms with Crippen molar-refractivity contribution in [1.82, 2.24) is 0 Å². The van der Waals surface area contributed by atoms with E-state index in [-0.39, 0.29) is 15.7 Å². The molecule has 2 aromatic carbocycles. The van der Waals surface area contributed by atoms with Gasteiger partial charge in [0.1, 0.15) is 0 Å². The SMILES string of the molecule is Cc1c(N)cccc1CS(=O)(=O)c1cc(Cl)ccc1Cl. The van der Waals surface area contributed by atoms with Gasteiger partial charge in [0.05, 0.1) is 15.7 Å². The second-order valence-electron chi connectivity index (χ2n) is 4.47. The molecule has 0 aromatic heterocycles. The van der Waals surface area contributed by atoms with Crippen molar-refractivity contribution in [3.05, 3.63) is 57.6 Å². The minimum atomic E-state index is -3.58. The molecule has 0 amide bonds. The lowest BCUT2D eigenvalue weighted by Gasteiger charge is -2.10. The van der Waals surface area contributed by atoms with Crippen molar-refractivity contribution in [1.29, 1.82) is 0 Å². The minimum absolute atomic E-state index is 0.0356. The fourth-order valence-electron chi connectivity index (χ4n) is 1.86. The summed E-state index contributed by atoms with van der Waals surface area (Å²) >= 11 is 11.8. The van der Waals surface area contributed by atoms with Gasteiger partial charge in [0, 0.05) is 10.7 Å². The van der Waals surface area contributed by atoms with Crippen LogP contribution in [0.15, 0.2) is 41.3 Å². The molecule has 0 unspecified atom stereocenters. The minimum Gasteiger partial charge on any atom is -0.399 e. The molecule has 20 heavy (non-hydrogen) atoms. The van der Waals surface area contributed by atoms with Crippen molar-refractivity contribution in [3.63, 3.8) is 0 Å². The average Bonchev–Trinajstić information content (AvgIpc) is 2.37. The monoisotopic (exact) mass is 329 g/mol. The first-order valence-corrected chi connectivity index (χ1v) is 8.24. The summed E-state index contributed by atoms with van der Waals surface area (Å²) in [6.45, 7) is 1.79. The third-order valence-corrected chi connectivity index (χ3v) is 5.44. The number of anilines is 1. The molecule has 0 saturated carbocycles. The number of nitrogens with two attached hydrogens (primary N) is 1. The highest BCUT2D eigenvalue weighted by Crippen LogP contribution is 2.29. The van der Waals surface area contributed by atoms with Crippen molar-refractivity contribution < 1.29 is 8.42 Å². The summed E-state index contributed by atoms with van der Waals surface area (Å²) in [4.78, 5) is 0.0356. The Morgan fingerprint density at radius 1 is 1.15 bits per heavy atom. The third-order valence-electron chi connectivity index (χ3n) is 3.06. The highest BCUT2D eigenvalue weighted by atomic mass is 35.5. The fourth-order valence-corrected chi connectivity index (χ4v) is 4.11. The lowest BCUT2D eigenvalue weighted by Crippen LogP contribution is -2.08. The van der Waals surface area contributed by atoms with Crippen molar-refractivity contribution in [2.24, 2.45) is 0 Å². The lowest BCUT2D eigenvalue weighted by atomic mass is 10.1. The predicted molar refractivity (Wildman–Crippen MR) is 82.9 cm³/mol. The Morgan fingerprint density at radius 2 is 1.85 bits per heavy atom. The Kier molecular flexibility index (Phi) is 4.28.